The number of rotatable bonds is 4. The van der Waals surface area contributed by atoms with Crippen molar-refractivity contribution in [3.8, 4) is 11.5 Å². The lowest BCUT2D eigenvalue weighted by Gasteiger charge is -2.31. The Morgan fingerprint density at radius 2 is 1.96 bits per heavy atom. The molecule has 1 amide bonds. The highest BCUT2D eigenvalue weighted by Crippen LogP contribution is 2.33. The summed E-state index contributed by atoms with van der Waals surface area (Å²) in [5.74, 6) is 1.55. The van der Waals surface area contributed by atoms with Crippen LogP contribution < -0.4 is 20.3 Å². The van der Waals surface area contributed by atoms with Crippen LogP contribution in [0.25, 0.3) is 0 Å². The minimum absolute atomic E-state index is 0.0917. The molecule has 0 spiro atoms. The van der Waals surface area contributed by atoms with Gasteiger partial charge in [-0.2, -0.15) is 0 Å². The Morgan fingerprint density at radius 3 is 2.67 bits per heavy atom. The highest BCUT2D eigenvalue weighted by atomic mass is 16.5. The largest absolute Gasteiger partial charge is 0.493 e. The normalized spacial score (nSPS) is 21.6. The molecule has 2 aromatic rings. The molecular weight excluding hydrogens is 344 g/mol. The number of nitrogens with one attached hydrogen (secondary N) is 2. The number of hydrogen-bond donors (Lipinski definition) is 2. The van der Waals surface area contributed by atoms with E-state index in [-0.39, 0.29) is 18.0 Å². The molecule has 0 aliphatic carbocycles. The van der Waals surface area contributed by atoms with E-state index in [9.17, 15) is 4.79 Å². The monoisotopic (exact) mass is 368 g/mol. The average Bonchev–Trinajstić information content (AvgIpc) is 3.22. The lowest BCUT2D eigenvalue weighted by Crippen LogP contribution is -2.47. The van der Waals surface area contributed by atoms with Crippen LogP contribution in [0.1, 0.15) is 29.2 Å². The van der Waals surface area contributed by atoms with Crippen molar-refractivity contribution in [3.05, 3.63) is 53.3 Å². The molecule has 0 radical (unpaired) electrons. The molecule has 2 unspecified atom stereocenters. The molecule has 7 heteroatoms. The van der Waals surface area contributed by atoms with Gasteiger partial charge < -0.3 is 14.4 Å². The summed E-state index contributed by atoms with van der Waals surface area (Å²) in [6.45, 7) is 1.29. The predicted octanol–water partition coefficient (Wildman–Crippen LogP) is 1.59. The molecule has 2 atom stereocenters. The Balaban J connectivity index is 1.45. The number of hydrazine groups is 1. The standard InChI is InChI=1S/C20H24N4O3/c1-26-18-8-13-5-7-24(12-15(13)9-19(18)27-2)20(25)17-10-16(22-23-17)14-4-3-6-21-11-14/h3-4,6,8-9,11,16-17,22-23H,5,7,10,12H2,1-2H3. The molecule has 0 saturated carbocycles. The van der Waals surface area contributed by atoms with Crippen LogP contribution >= 0.6 is 0 Å². The Hall–Kier alpha value is -2.64. The zero-order valence-corrected chi connectivity index (χ0v) is 15.6. The summed E-state index contributed by atoms with van der Waals surface area (Å²) in [6.07, 6.45) is 5.11. The summed E-state index contributed by atoms with van der Waals surface area (Å²) >= 11 is 0. The van der Waals surface area contributed by atoms with Crippen molar-refractivity contribution < 1.29 is 14.3 Å². The van der Waals surface area contributed by atoms with E-state index >= 15 is 0 Å². The van der Waals surface area contributed by atoms with Crippen molar-refractivity contribution in [2.24, 2.45) is 0 Å². The third-order valence-electron chi connectivity index (χ3n) is 5.32. The third kappa shape index (κ3) is 3.48. The number of pyridine rings is 1. The predicted molar refractivity (Wildman–Crippen MR) is 100 cm³/mol. The zero-order chi connectivity index (χ0) is 18.8. The summed E-state index contributed by atoms with van der Waals surface area (Å²) in [7, 11) is 3.27. The second-order valence-corrected chi connectivity index (χ2v) is 6.90. The molecule has 142 valence electrons. The quantitative estimate of drug-likeness (QED) is 0.854. The molecule has 7 nitrogen and oxygen atoms in total. The Morgan fingerprint density at radius 1 is 1.19 bits per heavy atom. The van der Waals surface area contributed by atoms with Crippen molar-refractivity contribution in [3.63, 3.8) is 0 Å². The number of methoxy groups -OCH3 is 2. The first-order chi connectivity index (χ1) is 13.2. The third-order valence-corrected chi connectivity index (χ3v) is 5.32. The van der Waals surface area contributed by atoms with E-state index < -0.39 is 0 Å². The second kappa shape index (κ2) is 7.54. The first kappa shape index (κ1) is 17.8. The summed E-state index contributed by atoms with van der Waals surface area (Å²) in [4.78, 5) is 19.1. The first-order valence-corrected chi connectivity index (χ1v) is 9.13. The van der Waals surface area contributed by atoms with Gasteiger partial charge >= 0.3 is 0 Å². The molecule has 3 heterocycles. The minimum atomic E-state index is -0.239. The van der Waals surface area contributed by atoms with Gasteiger partial charge in [-0.15, -0.1) is 0 Å². The van der Waals surface area contributed by atoms with Crippen molar-refractivity contribution >= 4 is 5.91 Å². The van der Waals surface area contributed by atoms with E-state index in [0.717, 1.165) is 23.3 Å². The highest BCUT2D eigenvalue weighted by molar-refractivity contribution is 5.82. The summed E-state index contributed by atoms with van der Waals surface area (Å²) < 4.78 is 10.8. The van der Waals surface area contributed by atoms with Crippen LogP contribution in [0.5, 0.6) is 11.5 Å². The molecule has 1 aromatic carbocycles. The Kier molecular flexibility index (Phi) is 4.96. The zero-order valence-electron chi connectivity index (χ0n) is 15.6. The highest BCUT2D eigenvalue weighted by Gasteiger charge is 2.34. The van der Waals surface area contributed by atoms with Crippen molar-refractivity contribution in [2.75, 3.05) is 20.8 Å². The smallest absolute Gasteiger partial charge is 0.241 e. The molecular formula is C20H24N4O3. The minimum Gasteiger partial charge on any atom is -0.493 e. The number of amides is 1. The summed E-state index contributed by atoms with van der Waals surface area (Å²) in [6, 6.07) is 7.78. The number of aromatic nitrogens is 1. The maximum absolute atomic E-state index is 13.0. The van der Waals surface area contributed by atoms with Crippen LogP contribution in [-0.4, -0.2) is 42.6 Å². The van der Waals surface area contributed by atoms with E-state index in [4.69, 9.17) is 9.47 Å². The van der Waals surface area contributed by atoms with Gasteiger partial charge in [0, 0.05) is 31.5 Å². The fourth-order valence-electron chi connectivity index (χ4n) is 3.81. The molecule has 1 aromatic heterocycles. The fraction of sp³-hybridized carbons (Fsp3) is 0.400. The number of ether oxygens (including phenoxy) is 2. The van der Waals surface area contributed by atoms with Gasteiger partial charge in [0.05, 0.1) is 14.2 Å². The van der Waals surface area contributed by atoms with Gasteiger partial charge in [-0.05, 0) is 47.7 Å². The van der Waals surface area contributed by atoms with Gasteiger partial charge in [0.2, 0.25) is 5.91 Å². The number of hydrogen-bond acceptors (Lipinski definition) is 6. The number of benzene rings is 1. The van der Waals surface area contributed by atoms with Crippen LogP contribution in [0.3, 0.4) is 0 Å². The van der Waals surface area contributed by atoms with E-state index in [0.29, 0.717) is 25.3 Å². The fourth-order valence-corrected chi connectivity index (χ4v) is 3.81. The number of carbonyl (C=O) groups is 1. The first-order valence-electron chi connectivity index (χ1n) is 9.13. The summed E-state index contributed by atoms with van der Waals surface area (Å²) in [5, 5.41) is 0. The maximum atomic E-state index is 13.0. The number of carbonyl (C=O) groups excluding carboxylic acids is 1. The molecule has 2 aliphatic rings. The average molecular weight is 368 g/mol. The molecule has 1 saturated heterocycles. The Labute approximate surface area is 158 Å². The topological polar surface area (TPSA) is 75.7 Å². The van der Waals surface area contributed by atoms with E-state index in [1.54, 1.807) is 20.4 Å². The SMILES string of the molecule is COc1cc2c(cc1OC)CN(C(=O)C1CC(c3cccnc3)NN1)CC2. The van der Waals surface area contributed by atoms with E-state index in [1.807, 2.05) is 35.4 Å². The molecule has 2 N–H and O–H groups in total. The lowest BCUT2D eigenvalue weighted by atomic mass is 9.97. The van der Waals surface area contributed by atoms with Gasteiger partial charge in [-0.25, -0.2) is 10.9 Å². The molecule has 4 rings (SSSR count). The number of fused-ring (bicyclic) bond motifs is 1. The molecule has 27 heavy (non-hydrogen) atoms. The van der Waals surface area contributed by atoms with Gasteiger partial charge in [-0.1, -0.05) is 6.07 Å². The van der Waals surface area contributed by atoms with Gasteiger partial charge in [0.15, 0.2) is 11.5 Å². The molecule has 2 aliphatic heterocycles. The van der Waals surface area contributed by atoms with Crippen LogP contribution in [-0.2, 0) is 17.8 Å². The molecule has 1 fully saturated rings. The lowest BCUT2D eigenvalue weighted by molar-refractivity contribution is -0.134. The van der Waals surface area contributed by atoms with Crippen LogP contribution in [0, 0.1) is 0 Å². The number of nitrogens with zero attached hydrogens (tertiary/aromatic N) is 2. The van der Waals surface area contributed by atoms with E-state index in [1.165, 1.54) is 5.56 Å². The van der Waals surface area contributed by atoms with Crippen LogP contribution in [0.2, 0.25) is 0 Å². The summed E-state index contributed by atoms with van der Waals surface area (Å²) in [5.41, 5.74) is 9.78. The maximum Gasteiger partial charge on any atom is 0.241 e. The molecule has 0 bridgehead atoms. The van der Waals surface area contributed by atoms with Crippen molar-refractivity contribution in [1.82, 2.24) is 20.7 Å². The Bertz CT molecular complexity index is 827. The van der Waals surface area contributed by atoms with Crippen molar-refractivity contribution in [2.45, 2.75) is 31.5 Å². The van der Waals surface area contributed by atoms with Gasteiger partial charge in [0.25, 0.3) is 0 Å². The van der Waals surface area contributed by atoms with Crippen LogP contribution in [0.15, 0.2) is 36.7 Å². The second-order valence-electron chi connectivity index (χ2n) is 6.90. The van der Waals surface area contributed by atoms with Crippen molar-refractivity contribution in [1.29, 1.82) is 0 Å². The van der Waals surface area contributed by atoms with Crippen LogP contribution in [0.4, 0.5) is 0 Å². The van der Waals surface area contributed by atoms with Gasteiger partial charge in [0.1, 0.15) is 6.04 Å². The van der Waals surface area contributed by atoms with Gasteiger partial charge in [-0.3, -0.25) is 9.78 Å². The van der Waals surface area contributed by atoms with E-state index in [2.05, 4.69) is 15.8 Å².